The van der Waals surface area contributed by atoms with Crippen LogP contribution >= 0.6 is 0 Å². The molecular weight excluding hydrogens is 298 g/mol. The van der Waals surface area contributed by atoms with Crippen molar-refractivity contribution in [1.29, 1.82) is 0 Å². The first-order chi connectivity index (χ1) is 11.5. The Hall–Kier alpha value is -1.94. The molecule has 0 aliphatic carbocycles. The standard InChI is InChI=1S/C20H29N3O/c1-6-23(14-18-11-12-21-20(22-18)15(2)3)16(4)13-17-7-9-19(24-5)10-8-17/h7-12,15-16H,6,13-14H2,1-5H3/t16-/m0/s1. The molecule has 0 saturated heterocycles. The van der Waals surface area contributed by atoms with Gasteiger partial charge in [-0.25, -0.2) is 9.97 Å². The Bertz CT molecular complexity index is 625. The quantitative estimate of drug-likeness (QED) is 0.733. The zero-order valence-corrected chi connectivity index (χ0v) is 15.5. The average Bonchev–Trinajstić information content (AvgIpc) is 2.60. The molecule has 24 heavy (non-hydrogen) atoms. The highest BCUT2D eigenvalue weighted by Crippen LogP contribution is 2.16. The summed E-state index contributed by atoms with van der Waals surface area (Å²) in [5, 5.41) is 0. The van der Waals surface area contributed by atoms with Crippen molar-refractivity contribution in [3.05, 3.63) is 53.6 Å². The van der Waals surface area contributed by atoms with Crippen LogP contribution in [0, 0.1) is 0 Å². The lowest BCUT2D eigenvalue weighted by Crippen LogP contribution is -2.34. The van der Waals surface area contributed by atoms with Crippen LogP contribution in [0.15, 0.2) is 36.5 Å². The molecule has 0 unspecified atom stereocenters. The van der Waals surface area contributed by atoms with E-state index in [-0.39, 0.29) is 0 Å². The third-order valence-electron chi connectivity index (χ3n) is 4.33. The first kappa shape index (κ1) is 18.4. The van der Waals surface area contributed by atoms with Gasteiger partial charge < -0.3 is 4.74 Å². The number of hydrogen-bond donors (Lipinski definition) is 0. The molecule has 1 heterocycles. The average molecular weight is 327 g/mol. The van der Waals surface area contributed by atoms with Crippen molar-refractivity contribution in [2.24, 2.45) is 0 Å². The largest absolute Gasteiger partial charge is 0.497 e. The van der Waals surface area contributed by atoms with Gasteiger partial charge in [-0.2, -0.15) is 0 Å². The van der Waals surface area contributed by atoms with E-state index in [2.05, 4.69) is 49.7 Å². The number of ether oxygens (including phenoxy) is 1. The second-order valence-corrected chi connectivity index (χ2v) is 6.53. The van der Waals surface area contributed by atoms with Gasteiger partial charge in [0, 0.05) is 24.7 Å². The Balaban J connectivity index is 2.02. The lowest BCUT2D eigenvalue weighted by Gasteiger charge is -2.28. The van der Waals surface area contributed by atoms with Gasteiger partial charge in [-0.05, 0) is 43.7 Å². The Labute approximate surface area is 145 Å². The number of likely N-dealkylation sites (N-methyl/N-ethyl adjacent to an activating group) is 1. The zero-order chi connectivity index (χ0) is 17.5. The molecule has 0 aliphatic rings. The van der Waals surface area contributed by atoms with Crippen LogP contribution in [0.25, 0.3) is 0 Å². The van der Waals surface area contributed by atoms with Crippen LogP contribution in [0.4, 0.5) is 0 Å². The molecule has 0 fully saturated rings. The van der Waals surface area contributed by atoms with Crippen molar-refractivity contribution in [2.45, 2.75) is 52.6 Å². The molecule has 0 amide bonds. The van der Waals surface area contributed by atoms with E-state index < -0.39 is 0 Å². The van der Waals surface area contributed by atoms with Crippen LogP contribution in [-0.2, 0) is 13.0 Å². The Morgan fingerprint density at radius 2 is 1.79 bits per heavy atom. The maximum atomic E-state index is 5.23. The lowest BCUT2D eigenvalue weighted by molar-refractivity contribution is 0.207. The van der Waals surface area contributed by atoms with Crippen molar-refractivity contribution >= 4 is 0 Å². The predicted octanol–water partition coefficient (Wildman–Crippen LogP) is 4.06. The monoisotopic (exact) mass is 327 g/mol. The molecule has 130 valence electrons. The maximum Gasteiger partial charge on any atom is 0.131 e. The fourth-order valence-electron chi connectivity index (χ4n) is 2.80. The van der Waals surface area contributed by atoms with Crippen molar-refractivity contribution in [3.8, 4) is 5.75 Å². The van der Waals surface area contributed by atoms with Gasteiger partial charge in [-0.15, -0.1) is 0 Å². The second kappa shape index (κ2) is 8.78. The summed E-state index contributed by atoms with van der Waals surface area (Å²) in [6, 6.07) is 10.8. The third kappa shape index (κ3) is 5.03. The fraction of sp³-hybridized carbons (Fsp3) is 0.500. The number of hydrogen-bond acceptors (Lipinski definition) is 4. The number of nitrogens with zero attached hydrogens (tertiary/aromatic N) is 3. The van der Waals surface area contributed by atoms with Gasteiger partial charge in [0.05, 0.1) is 12.8 Å². The van der Waals surface area contributed by atoms with E-state index in [0.717, 1.165) is 36.8 Å². The molecule has 0 N–H and O–H groups in total. The van der Waals surface area contributed by atoms with Crippen LogP contribution in [0.5, 0.6) is 5.75 Å². The summed E-state index contributed by atoms with van der Waals surface area (Å²) in [6.07, 6.45) is 2.89. The van der Waals surface area contributed by atoms with E-state index in [9.17, 15) is 0 Å². The van der Waals surface area contributed by atoms with Crippen LogP contribution in [-0.4, -0.2) is 34.6 Å². The summed E-state index contributed by atoms with van der Waals surface area (Å²) in [5.41, 5.74) is 2.42. The molecule has 1 aromatic carbocycles. The Morgan fingerprint density at radius 3 is 2.38 bits per heavy atom. The minimum atomic E-state index is 0.358. The molecule has 1 aromatic heterocycles. The summed E-state index contributed by atoms with van der Waals surface area (Å²) in [5.74, 6) is 2.18. The van der Waals surface area contributed by atoms with Gasteiger partial charge in [0.2, 0.25) is 0 Å². The van der Waals surface area contributed by atoms with E-state index >= 15 is 0 Å². The highest BCUT2D eigenvalue weighted by Gasteiger charge is 2.15. The topological polar surface area (TPSA) is 38.2 Å². The minimum Gasteiger partial charge on any atom is -0.497 e. The van der Waals surface area contributed by atoms with Gasteiger partial charge in [0.1, 0.15) is 11.6 Å². The molecule has 4 heteroatoms. The van der Waals surface area contributed by atoms with Gasteiger partial charge in [0.15, 0.2) is 0 Å². The Kier molecular flexibility index (Phi) is 6.73. The smallest absolute Gasteiger partial charge is 0.131 e. The highest BCUT2D eigenvalue weighted by molar-refractivity contribution is 5.27. The van der Waals surface area contributed by atoms with Gasteiger partial charge in [-0.1, -0.05) is 32.9 Å². The number of rotatable bonds is 8. The number of aromatic nitrogens is 2. The summed E-state index contributed by atoms with van der Waals surface area (Å²) in [6.45, 7) is 10.6. The summed E-state index contributed by atoms with van der Waals surface area (Å²) >= 11 is 0. The third-order valence-corrected chi connectivity index (χ3v) is 4.33. The van der Waals surface area contributed by atoms with E-state index in [4.69, 9.17) is 9.72 Å². The SMILES string of the molecule is CCN(Cc1ccnc(C(C)C)n1)[C@@H](C)Cc1ccc(OC)cc1. The molecule has 2 rings (SSSR count). The molecule has 0 saturated carbocycles. The molecule has 0 aliphatic heterocycles. The van der Waals surface area contributed by atoms with E-state index in [1.165, 1.54) is 5.56 Å². The normalized spacial score (nSPS) is 12.6. The van der Waals surface area contributed by atoms with Crippen LogP contribution < -0.4 is 4.74 Å². The van der Waals surface area contributed by atoms with Crippen molar-refractivity contribution in [1.82, 2.24) is 14.9 Å². The van der Waals surface area contributed by atoms with Crippen LogP contribution in [0.2, 0.25) is 0 Å². The molecule has 2 aromatic rings. The van der Waals surface area contributed by atoms with Crippen LogP contribution in [0.1, 0.15) is 50.7 Å². The zero-order valence-electron chi connectivity index (χ0n) is 15.5. The van der Waals surface area contributed by atoms with E-state index in [0.29, 0.717) is 12.0 Å². The van der Waals surface area contributed by atoms with Crippen LogP contribution in [0.3, 0.4) is 0 Å². The number of benzene rings is 1. The maximum absolute atomic E-state index is 5.23. The Morgan fingerprint density at radius 1 is 1.08 bits per heavy atom. The molecule has 0 radical (unpaired) electrons. The van der Waals surface area contributed by atoms with Gasteiger partial charge in [0.25, 0.3) is 0 Å². The van der Waals surface area contributed by atoms with E-state index in [1.54, 1.807) is 7.11 Å². The first-order valence-corrected chi connectivity index (χ1v) is 8.72. The van der Waals surface area contributed by atoms with Gasteiger partial charge in [-0.3, -0.25) is 4.90 Å². The predicted molar refractivity (Wildman–Crippen MR) is 98.4 cm³/mol. The van der Waals surface area contributed by atoms with Crippen molar-refractivity contribution in [3.63, 3.8) is 0 Å². The molecule has 0 spiro atoms. The molecule has 4 nitrogen and oxygen atoms in total. The number of methoxy groups -OCH3 is 1. The molecule has 0 bridgehead atoms. The van der Waals surface area contributed by atoms with Gasteiger partial charge >= 0.3 is 0 Å². The van der Waals surface area contributed by atoms with Crippen molar-refractivity contribution in [2.75, 3.05) is 13.7 Å². The second-order valence-electron chi connectivity index (χ2n) is 6.53. The first-order valence-electron chi connectivity index (χ1n) is 8.72. The fourth-order valence-corrected chi connectivity index (χ4v) is 2.80. The summed E-state index contributed by atoms with van der Waals surface area (Å²) in [4.78, 5) is 11.5. The summed E-state index contributed by atoms with van der Waals surface area (Å²) in [7, 11) is 1.70. The minimum absolute atomic E-state index is 0.358. The summed E-state index contributed by atoms with van der Waals surface area (Å²) < 4.78 is 5.23. The highest BCUT2D eigenvalue weighted by atomic mass is 16.5. The lowest BCUT2D eigenvalue weighted by atomic mass is 10.1. The van der Waals surface area contributed by atoms with Crippen molar-refractivity contribution < 1.29 is 4.74 Å². The molecule has 1 atom stereocenters. The molecular formula is C20H29N3O. The van der Waals surface area contributed by atoms with E-state index in [1.807, 2.05) is 24.4 Å².